The zero-order valence-electron chi connectivity index (χ0n) is 15.6. The van der Waals surface area contributed by atoms with Gasteiger partial charge >= 0.3 is 5.97 Å². The third-order valence-electron chi connectivity index (χ3n) is 4.37. The minimum absolute atomic E-state index is 0.0374. The topological polar surface area (TPSA) is 125 Å². The molecule has 1 amide bonds. The lowest BCUT2D eigenvalue weighted by molar-refractivity contribution is 0.0697. The van der Waals surface area contributed by atoms with Crippen molar-refractivity contribution in [1.82, 2.24) is 0 Å². The van der Waals surface area contributed by atoms with Crippen molar-refractivity contribution in [2.75, 3.05) is 12.4 Å². The van der Waals surface area contributed by atoms with E-state index >= 15 is 0 Å². The minimum atomic E-state index is -1.12. The highest BCUT2D eigenvalue weighted by Crippen LogP contribution is 2.36. The first kappa shape index (κ1) is 19.6. The van der Waals surface area contributed by atoms with E-state index < -0.39 is 11.9 Å². The maximum absolute atomic E-state index is 12.9. The molecule has 0 saturated heterocycles. The van der Waals surface area contributed by atoms with Crippen molar-refractivity contribution in [2.24, 2.45) is 5.73 Å². The second kappa shape index (κ2) is 8.26. The van der Waals surface area contributed by atoms with Gasteiger partial charge in [-0.2, -0.15) is 0 Å². The number of hydrogen-bond donors (Lipinski definition) is 4. The number of carbonyl (C=O) groups is 2. The molecular formula is C22H19N3O4. The predicted octanol–water partition coefficient (Wildman–Crippen LogP) is 3.60. The lowest BCUT2D eigenvalue weighted by Gasteiger charge is -2.15. The largest absolute Gasteiger partial charge is 0.496 e. The highest BCUT2D eigenvalue weighted by atomic mass is 16.5. The van der Waals surface area contributed by atoms with Crippen LogP contribution in [0.3, 0.4) is 0 Å². The fourth-order valence-corrected chi connectivity index (χ4v) is 2.99. The normalized spacial score (nSPS) is 10.2. The van der Waals surface area contributed by atoms with Gasteiger partial charge in [0.05, 0.1) is 12.7 Å². The third kappa shape index (κ3) is 4.08. The summed E-state index contributed by atoms with van der Waals surface area (Å²) in [5, 5.41) is 19.8. The first-order valence-electron chi connectivity index (χ1n) is 8.68. The van der Waals surface area contributed by atoms with Gasteiger partial charge in [0.2, 0.25) is 0 Å². The summed E-state index contributed by atoms with van der Waals surface area (Å²) in [7, 11) is 1.45. The number of ether oxygens (including phenoxy) is 1. The number of amides is 1. The van der Waals surface area contributed by atoms with Crippen molar-refractivity contribution in [3.05, 3.63) is 83.4 Å². The predicted molar refractivity (Wildman–Crippen MR) is 111 cm³/mol. The number of aromatic carboxylic acids is 1. The summed E-state index contributed by atoms with van der Waals surface area (Å²) in [6.07, 6.45) is 0. The molecule has 3 rings (SSSR count). The van der Waals surface area contributed by atoms with E-state index in [9.17, 15) is 14.7 Å². The maximum atomic E-state index is 12.9. The average Bonchev–Trinajstić information content (AvgIpc) is 2.73. The molecule has 0 spiro atoms. The van der Waals surface area contributed by atoms with E-state index in [4.69, 9.17) is 15.9 Å². The van der Waals surface area contributed by atoms with Crippen LogP contribution in [0, 0.1) is 5.41 Å². The van der Waals surface area contributed by atoms with Crippen molar-refractivity contribution >= 4 is 23.4 Å². The summed E-state index contributed by atoms with van der Waals surface area (Å²) in [4.78, 5) is 24.7. The number of nitrogens with two attached hydrogens (primary N) is 1. The van der Waals surface area contributed by atoms with Crippen molar-refractivity contribution < 1.29 is 19.4 Å². The molecule has 29 heavy (non-hydrogen) atoms. The van der Waals surface area contributed by atoms with Crippen LogP contribution < -0.4 is 15.8 Å². The van der Waals surface area contributed by atoms with Gasteiger partial charge in [0.15, 0.2) is 0 Å². The van der Waals surface area contributed by atoms with E-state index in [1.54, 1.807) is 60.7 Å². The Labute approximate surface area is 167 Å². The number of carbonyl (C=O) groups excluding carboxylic acids is 1. The molecule has 0 aliphatic heterocycles. The summed E-state index contributed by atoms with van der Waals surface area (Å²) in [5.74, 6) is -1.23. The molecule has 3 aromatic rings. The molecule has 3 aromatic carbocycles. The molecule has 0 unspecified atom stereocenters. The second-order valence-electron chi connectivity index (χ2n) is 6.18. The molecule has 0 aliphatic carbocycles. The molecule has 0 radical (unpaired) electrons. The monoisotopic (exact) mass is 389 g/mol. The number of nitrogen functional groups attached to an aromatic ring is 1. The Balaban J connectivity index is 2.03. The van der Waals surface area contributed by atoms with Gasteiger partial charge in [-0.05, 0) is 48.0 Å². The van der Waals surface area contributed by atoms with Gasteiger partial charge in [-0.3, -0.25) is 10.2 Å². The number of benzene rings is 3. The molecule has 146 valence electrons. The van der Waals surface area contributed by atoms with Crippen LogP contribution in [0.1, 0.15) is 26.3 Å². The number of carboxylic acids is 1. The Morgan fingerprint density at radius 2 is 1.62 bits per heavy atom. The van der Waals surface area contributed by atoms with Gasteiger partial charge in [0.1, 0.15) is 11.6 Å². The summed E-state index contributed by atoms with van der Waals surface area (Å²) in [6, 6.07) is 18.0. The minimum Gasteiger partial charge on any atom is -0.496 e. The maximum Gasteiger partial charge on any atom is 0.336 e. The van der Waals surface area contributed by atoms with E-state index in [-0.39, 0.29) is 11.4 Å². The zero-order valence-corrected chi connectivity index (χ0v) is 15.6. The smallest absolute Gasteiger partial charge is 0.336 e. The Hall–Kier alpha value is -4.13. The fraction of sp³-hybridized carbons (Fsp3) is 0.0455. The SMILES string of the molecule is COc1cccc(C(=O)O)c1-c1ccccc1C(=O)Nc1ccc(C(=N)N)cc1. The molecule has 0 atom stereocenters. The number of amidine groups is 1. The molecule has 0 heterocycles. The summed E-state index contributed by atoms with van der Waals surface area (Å²) in [6.45, 7) is 0. The zero-order chi connectivity index (χ0) is 21.0. The van der Waals surface area contributed by atoms with Gasteiger partial charge in [-0.1, -0.05) is 24.3 Å². The van der Waals surface area contributed by atoms with Crippen molar-refractivity contribution in [3.63, 3.8) is 0 Å². The number of rotatable bonds is 6. The van der Waals surface area contributed by atoms with E-state index in [1.807, 2.05) is 0 Å². The van der Waals surface area contributed by atoms with Crippen molar-refractivity contribution in [3.8, 4) is 16.9 Å². The van der Waals surface area contributed by atoms with Gasteiger partial charge < -0.3 is 20.9 Å². The van der Waals surface area contributed by atoms with Crippen LogP contribution in [-0.2, 0) is 0 Å². The number of nitrogens with one attached hydrogen (secondary N) is 2. The van der Waals surface area contributed by atoms with Crippen LogP contribution in [0.4, 0.5) is 5.69 Å². The molecule has 0 saturated carbocycles. The van der Waals surface area contributed by atoms with Gasteiger partial charge in [-0.15, -0.1) is 0 Å². The summed E-state index contributed by atoms with van der Waals surface area (Å²) in [5.41, 5.74) is 7.63. The molecule has 7 nitrogen and oxygen atoms in total. The summed E-state index contributed by atoms with van der Waals surface area (Å²) < 4.78 is 5.35. The highest BCUT2D eigenvalue weighted by molar-refractivity contribution is 6.11. The Bertz CT molecular complexity index is 1090. The molecule has 0 bridgehead atoms. The van der Waals surface area contributed by atoms with Gasteiger partial charge in [0.25, 0.3) is 5.91 Å². The molecular weight excluding hydrogens is 370 g/mol. The van der Waals surface area contributed by atoms with Crippen molar-refractivity contribution in [2.45, 2.75) is 0 Å². The lowest BCUT2D eigenvalue weighted by Crippen LogP contribution is -2.15. The standard InChI is InChI=1S/C22H19N3O4/c1-29-18-8-4-7-17(22(27)28)19(18)15-5-2-3-6-16(15)21(26)25-14-11-9-13(10-12-14)20(23)24/h2-12H,1H3,(H3,23,24)(H,25,26)(H,27,28). The Morgan fingerprint density at radius 1 is 0.966 bits per heavy atom. The molecule has 5 N–H and O–H groups in total. The lowest BCUT2D eigenvalue weighted by atomic mass is 9.94. The molecule has 0 fully saturated rings. The first-order chi connectivity index (χ1) is 13.9. The van der Waals surface area contributed by atoms with E-state index in [0.717, 1.165) is 0 Å². The number of hydrogen-bond acceptors (Lipinski definition) is 4. The number of methoxy groups -OCH3 is 1. The van der Waals surface area contributed by atoms with Crippen LogP contribution in [0.2, 0.25) is 0 Å². The average molecular weight is 389 g/mol. The van der Waals surface area contributed by atoms with Gasteiger partial charge in [-0.25, -0.2) is 4.79 Å². The fourth-order valence-electron chi connectivity index (χ4n) is 2.99. The van der Waals surface area contributed by atoms with Gasteiger partial charge in [0, 0.05) is 22.4 Å². The third-order valence-corrected chi connectivity index (χ3v) is 4.37. The Morgan fingerprint density at radius 3 is 2.24 bits per heavy atom. The quantitative estimate of drug-likeness (QED) is 0.379. The van der Waals surface area contributed by atoms with Crippen molar-refractivity contribution in [1.29, 1.82) is 5.41 Å². The number of anilines is 1. The van der Waals surface area contributed by atoms with Crippen LogP contribution in [0.5, 0.6) is 5.75 Å². The van der Waals surface area contributed by atoms with Crippen LogP contribution in [0.25, 0.3) is 11.1 Å². The molecule has 7 heteroatoms. The van der Waals surface area contributed by atoms with E-state index in [0.29, 0.717) is 33.7 Å². The van der Waals surface area contributed by atoms with Crippen LogP contribution >= 0.6 is 0 Å². The van der Waals surface area contributed by atoms with E-state index in [1.165, 1.54) is 13.2 Å². The van der Waals surface area contributed by atoms with Crippen LogP contribution in [-0.4, -0.2) is 29.9 Å². The highest BCUT2D eigenvalue weighted by Gasteiger charge is 2.21. The second-order valence-corrected chi connectivity index (χ2v) is 6.18. The Kier molecular flexibility index (Phi) is 5.59. The molecule has 0 aliphatic rings. The summed E-state index contributed by atoms with van der Waals surface area (Å²) >= 11 is 0. The first-order valence-corrected chi connectivity index (χ1v) is 8.68. The van der Waals surface area contributed by atoms with Crippen LogP contribution in [0.15, 0.2) is 66.7 Å². The number of carboxylic acid groups (broad SMARTS) is 1. The molecule has 0 aromatic heterocycles. The van der Waals surface area contributed by atoms with E-state index in [2.05, 4.69) is 5.32 Å².